The third-order valence-corrected chi connectivity index (χ3v) is 5.64. The number of nitrogens with one attached hydrogen (secondary N) is 4. The van der Waals surface area contributed by atoms with E-state index in [0.717, 1.165) is 18.1 Å². The van der Waals surface area contributed by atoms with Crippen LogP contribution >= 0.6 is 0 Å². The monoisotopic (exact) mass is 584 g/mol. The Morgan fingerprint density at radius 2 is 1.43 bits per heavy atom. The highest BCUT2D eigenvalue weighted by Gasteiger charge is 2.03. The Labute approximate surface area is 253 Å². The number of nitrogens with zero attached hydrogens (tertiary/aromatic N) is 8. The highest BCUT2D eigenvalue weighted by atomic mass is 15.5. The Hall–Kier alpha value is -3.96. The molecule has 0 atom stereocenters. The molecule has 0 aromatic carbocycles. The van der Waals surface area contributed by atoms with Crippen LogP contribution in [0.1, 0.15) is 131 Å². The van der Waals surface area contributed by atoms with Crippen LogP contribution in [0.25, 0.3) is 0 Å². The molecule has 42 heavy (non-hydrogen) atoms. The van der Waals surface area contributed by atoms with Crippen molar-refractivity contribution in [3.63, 3.8) is 0 Å². The van der Waals surface area contributed by atoms with Crippen molar-refractivity contribution in [1.82, 2.24) is 56.4 Å². The number of hydrogen-bond acceptors (Lipinski definition) is 8. The van der Waals surface area contributed by atoms with Crippen LogP contribution in [-0.4, -0.2) is 69.2 Å². The fraction of sp³-hybridized carbons (Fsp3) is 0.600. The lowest BCUT2D eigenvalue weighted by Gasteiger charge is -2.01. The van der Waals surface area contributed by atoms with Crippen molar-refractivity contribution in [3.05, 3.63) is 65.3 Å². The van der Waals surface area contributed by atoms with Crippen molar-refractivity contribution in [3.8, 4) is 0 Å². The van der Waals surface area contributed by atoms with Crippen LogP contribution in [0.5, 0.6) is 0 Å². The third kappa shape index (κ3) is 17.0. The molecular weight excluding hydrogens is 528 g/mol. The second kappa shape index (κ2) is 22.7. The lowest BCUT2D eigenvalue weighted by atomic mass is 10.1. The van der Waals surface area contributed by atoms with E-state index in [2.05, 4.69) is 123 Å². The van der Waals surface area contributed by atoms with E-state index >= 15 is 0 Å². The molecule has 0 fully saturated rings. The lowest BCUT2D eigenvalue weighted by Crippen LogP contribution is -1.93. The Morgan fingerprint density at radius 1 is 0.714 bits per heavy atom. The van der Waals surface area contributed by atoms with E-state index in [9.17, 15) is 0 Å². The molecule has 0 bridgehead atoms. The van der Waals surface area contributed by atoms with Crippen LogP contribution in [0.2, 0.25) is 0 Å². The van der Waals surface area contributed by atoms with E-state index in [1.54, 1.807) is 12.4 Å². The van der Waals surface area contributed by atoms with Crippen molar-refractivity contribution in [2.24, 2.45) is 10.9 Å². The molecule has 1 aliphatic rings. The summed E-state index contributed by atoms with van der Waals surface area (Å²) in [5.74, 6) is 3.45. The fourth-order valence-corrected chi connectivity index (χ4v) is 2.80. The normalized spacial score (nSPS) is 11.3. The standard InChI is InChI=1S/C7H11N.2C6H10N2.C5H9N3.C4H8N4.2CH4/c1-6(2)7-3-4-8-5-7;1-5(2)6-3-7-8-4-6;1-5(2)6-3-4-7-8-6;1-4(2)5-3-6-8-7-5;1-3(2)4-5-7-8-6-4;;/h3-4,6H,5H2,1-2H3;2*3-5H,1-2H3,(H,7,8);3-4H,1-2H3,(H,6,7,8);3H,1-2H3,(H,5,6,7,8);2*1H4. The largest absolute Gasteiger partial charge is 0.289 e. The first kappa shape index (κ1) is 40.2. The van der Waals surface area contributed by atoms with Gasteiger partial charge in [0, 0.05) is 30.2 Å². The molecule has 0 saturated carbocycles. The predicted molar refractivity (Wildman–Crippen MR) is 174 cm³/mol. The number of aliphatic imine (C=N–C) groups is 1. The minimum absolute atomic E-state index is 0. The average molecular weight is 585 g/mol. The van der Waals surface area contributed by atoms with Gasteiger partial charge in [0.1, 0.15) is 0 Å². The number of H-pyrrole nitrogens is 4. The van der Waals surface area contributed by atoms with Crippen LogP contribution in [0.15, 0.2) is 47.5 Å². The molecule has 12 heteroatoms. The lowest BCUT2D eigenvalue weighted by molar-refractivity contribution is 0.754. The maximum atomic E-state index is 4.07. The molecule has 0 spiro atoms. The molecule has 4 N–H and O–H groups in total. The summed E-state index contributed by atoms with van der Waals surface area (Å²) in [5, 5.41) is 36.7. The predicted octanol–water partition coefficient (Wildman–Crippen LogP) is 7.24. The van der Waals surface area contributed by atoms with Crippen LogP contribution in [-0.2, 0) is 0 Å². The second-order valence-corrected chi connectivity index (χ2v) is 10.7. The number of rotatable bonds is 5. The van der Waals surface area contributed by atoms with Crippen LogP contribution in [0.4, 0.5) is 0 Å². The quantitative estimate of drug-likeness (QED) is 0.192. The first-order valence-electron chi connectivity index (χ1n) is 13.8. The summed E-state index contributed by atoms with van der Waals surface area (Å²) in [4.78, 5) is 4.07. The molecule has 1 aliphatic heterocycles. The molecule has 236 valence electrons. The van der Waals surface area contributed by atoms with Crippen molar-refractivity contribution >= 4 is 6.21 Å². The van der Waals surface area contributed by atoms with Gasteiger partial charge in [-0.15, -0.1) is 10.2 Å². The number of allylic oxidation sites excluding steroid dienone is 1. The molecule has 12 nitrogen and oxygen atoms in total. The zero-order valence-electron chi connectivity index (χ0n) is 25.7. The maximum Gasteiger partial charge on any atom is 0.177 e. The molecule has 0 amide bonds. The van der Waals surface area contributed by atoms with Gasteiger partial charge in [-0.1, -0.05) is 89.3 Å². The van der Waals surface area contributed by atoms with E-state index < -0.39 is 0 Å². The van der Waals surface area contributed by atoms with Gasteiger partial charge < -0.3 is 0 Å². The topological polar surface area (TPSA) is 166 Å². The first-order chi connectivity index (χ1) is 19.0. The van der Waals surface area contributed by atoms with Gasteiger partial charge in [-0.3, -0.25) is 15.2 Å². The van der Waals surface area contributed by atoms with Crippen molar-refractivity contribution < 1.29 is 0 Å². The smallest absolute Gasteiger partial charge is 0.177 e. The SMILES string of the molecule is C.C.CC(C)C1=CC=NC1.CC(C)c1ccn[nH]1.CC(C)c1cn[nH]c1.CC(C)c1cn[nH]n1.CC(C)c1nn[nH]n1. The van der Waals surface area contributed by atoms with Gasteiger partial charge in [-0.2, -0.15) is 30.8 Å². The average Bonchev–Trinajstić information content (AvgIpc) is 3.74. The van der Waals surface area contributed by atoms with Gasteiger partial charge in [0.15, 0.2) is 5.82 Å². The minimum atomic E-state index is 0. The van der Waals surface area contributed by atoms with Crippen LogP contribution in [0, 0.1) is 5.92 Å². The van der Waals surface area contributed by atoms with E-state index in [-0.39, 0.29) is 14.9 Å². The first-order valence-corrected chi connectivity index (χ1v) is 13.8. The summed E-state index contributed by atoms with van der Waals surface area (Å²) in [6.45, 7) is 22.1. The molecule has 0 saturated heterocycles. The highest BCUT2D eigenvalue weighted by molar-refractivity contribution is 5.75. The zero-order chi connectivity index (χ0) is 29.9. The van der Waals surface area contributed by atoms with Crippen molar-refractivity contribution in [2.45, 2.75) is 108 Å². The van der Waals surface area contributed by atoms with Crippen LogP contribution in [0.3, 0.4) is 0 Å². The van der Waals surface area contributed by atoms with Crippen LogP contribution < -0.4 is 0 Å². The molecule has 0 radical (unpaired) electrons. The summed E-state index contributed by atoms with van der Waals surface area (Å²) < 4.78 is 0. The number of aromatic nitrogens is 11. The highest BCUT2D eigenvalue weighted by Crippen LogP contribution is 2.12. The number of hydrogen-bond donors (Lipinski definition) is 4. The summed E-state index contributed by atoms with van der Waals surface area (Å²) in [7, 11) is 0. The number of aromatic amines is 4. The Kier molecular flexibility index (Phi) is 21.7. The van der Waals surface area contributed by atoms with Gasteiger partial charge >= 0.3 is 0 Å². The van der Waals surface area contributed by atoms with E-state index in [1.807, 2.05) is 38.5 Å². The maximum absolute atomic E-state index is 4.07. The summed E-state index contributed by atoms with van der Waals surface area (Å²) in [5.41, 5.74) is 4.94. The van der Waals surface area contributed by atoms with E-state index in [4.69, 9.17) is 0 Å². The van der Waals surface area contributed by atoms with Gasteiger partial charge in [-0.25, -0.2) is 0 Å². The molecule has 0 unspecified atom stereocenters. The second-order valence-electron chi connectivity index (χ2n) is 10.7. The molecule has 5 heterocycles. The summed E-state index contributed by atoms with van der Waals surface area (Å²) >= 11 is 0. The molecule has 4 aromatic heterocycles. The zero-order valence-corrected chi connectivity index (χ0v) is 25.7. The Bertz CT molecular complexity index is 984. The van der Waals surface area contributed by atoms with Gasteiger partial charge in [0.2, 0.25) is 0 Å². The van der Waals surface area contributed by atoms with E-state index in [1.165, 1.54) is 16.8 Å². The fourth-order valence-electron chi connectivity index (χ4n) is 2.80. The molecular formula is C30H56N12. The Morgan fingerprint density at radius 3 is 1.67 bits per heavy atom. The van der Waals surface area contributed by atoms with Gasteiger partial charge in [0.25, 0.3) is 0 Å². The van der Waals surface area contributed by atoms with Crippen molar-refractivity contribution in [1.29, 1.82) is 0 Å². The summed E-state index contributed by atoms with van der Waals surface area (Å²) in [6.07, 6.45) is 11.3. The third-order valence-electron chi connectivity index (χ3n) is 5.64. The molecule has 5 rings (SSSR count). The van der Waals surface area contributed by atoms with Crippen molar-refractivity contribution in [2.75, 3.05) is 6.54 Å². The summed E-state index contributed by atoms with van der Waals surface area (Å²) in [6, 6.07) is 1.99. The van der Waals surface area contributed by atoms with Gasteiger partial charge in [-0.05, 0) is 47.0 Å². The number of tetrazole rings is 1. The minimum Gasteiger partial charge on any atom is -0.289 e. The Balaban J connectivity index is 0. The molecule has 4 aromatic rings. The van der Waals surface area contributed by atoms with Gasteiger partial charge in [0.05, 0.1) is 24.6 Å². The van der Waals surface area contributed by atoms with E-state index in [0.29, 0.717) is 29.6 Å². The molecule has 0 aliphatic carbocycles.